The number of benzene rings is 1. The van der Waals surface area contributed by atoms with E-state index in [1.165, 1.54) is 16.9 Å². The summed E-state index contributed by atoms with van der Waals surface area (Å²) >= 11 is 1.35. The average Bonchev–Trinajstić information content (AvgIpc) is 3.42. The highest BCUT2D eigenvalue weighted by atomic mass is 32.1. The zero-order valence-electron chi connectivity index (χ0n) is 18.4. The van der Waals surface area contributed by atoms with Crippen LogP contribution in [0.3, 0.4) is 0 Å². The van der Waals surface area contributed by atoms with Crippen LogP contribution in [0.25, 0.3) is 21.5 Å². The molecule has 4 aromatic rings. The number of aromatic amines is 1. The van der Waals surface area contributed by atoms with E-state index in [9.17, 15) is 9.59 Å². The number of aromatic nitrogens is 3. The summed E-state index contributed by atoms with van der Waals surface area (Å²) < 4.78 is 6.45. The zero-order valence-corrected chi connectivity index (χ0v) is 19.2. The molecule has 1 aromatic carbocycles. The SMILES string of the molecule is CC(C)Cc1ccc(-c2cnc(CCC(=O)N(C)Cc3nc4ccsc4c(=O)[nH]3)o2)cc1. The van der Waals surface area contributed by atoms with Gasteiger partial charge in [0.25, 0.3) is 5.56 Å². The molecular weight excluding hydrogens is 424 g/mol. The molecule has 0 saturated carbocycles. The maximum absolute atomic E-state index is 12.6. The molecule has 1 amide bonds. The zero-order chi connectivity index (χ0) is 22.7. The predicted molar refractivity (Wildman–Crippen MR) is 126 cm³/mol. The van der Waals surface area contributed by atoms with Crippen LogP contribution in [-0.4, -0.2) is 32.8 Å². The second-order valence-electron chi connectivity index (χ2n) is 8.31. The van der Waals surface area contributed by atoms with E-state index in [-0.39, 0.29) is 24.4 Å². The molecule has 0 aliphatic carbocycles. The van der Waals surface area contributed by atoms with Crippen LogP contribution >= 0.6 is 11.3 Å². The normalized spacial score (nSPS) is 11.4. The van der Waals surface area contributed by atoms with Crippen LogP contribution in [0, 0.1) is 5.92 Å². The van der Waals surface area contributed by atoms with E-state index in [4.69, 9.17) is 4.42 Å². The van der Waals surface area contributed by atoms with Crippen LogP contribution in [0.1, 0.15) is 37.5 Å². The maximum Gasteiger partial charge on any atom is 0.268 e. The molecule has 0 saturated heterocycles. The van der Waals surface area contributed by atoms with Gasteiger partial charge in [0.2, 0.25) is 5.91 Å². The van der Waals surface area contributed by atoms with Crippen LogP contribution < -0.4 is 5.56 Å². The minimum Gasteiger partial charge on any atom is -0.441 e. The number of hydrogen-bond acceptors (Lipinski definition) is 6. The molecule has 0 aliphatic rings. The first kappa shape index (κ1) is 22.0. The fourth-order valence-electron chi connectivity index (χ4n) is 3.55. The standard InChI is InChI=1S/C24H26N4O3S/c1-15(2)12-16-4-6-17(7-5-16)19-13-25-21(31-19)8-9-22(29)28(3)14-20-26-18-10-11-32-23(18)24(30)27-20/h4-7,10-11,13,15H,8-9,12,14H2,1-3H3,(H,26,27,30). The van der Waals surface area contributed by atoms with E-state index in [0.29, 0.717) is 40.0 Å². The number of carbonyl (C=O) groups excluding carboxylic acids is 1. The maximum atomic E-state index is 12.6. The van der Waals surface area contributed by atoms with Crippen LogP contribution in [0.4, 0.5) is 0 Å². The summed E-state index contributed by atoms with van der Waals surface area (Å²) in [6, 6.07) is 10.1. The van der Waals surface area contributed by atoms with Gasteiger partial charge in [-0.25, -0.2) is 9.97 Å². The molecule has 4 rings (SSSR count). The minimum absolute atomic E-state index is 0.0733. The summed E-state index contributed by atoms with van der Waals surface area (Å²) in [5.41, 5.74) is 2.74. The third-order valence-electron chi connectivity index (χ3n) is 5.17. The summed E-state index contributed by atoms with van der Waals surface area (Å²) in [6.07, 6.45) is 3.41. The van der Waals surface area contributed by atoms with Gasteiger partial charge < -0.3 is 14.3 Å². The lowest BCUT2D eigenvalue weighted by Crippen LogP contribution is -2.28. The lowest BCUT2D eigenvalue weighted by molar-refractivity contribution is -0.130. The number of aryl methyl sites for hydroxylation is 1. The van der Waals surface area contributed by atoms with Crippen molar-refractivity contribution in [3.8, 4) is 11.3 Å². The molecule has 166 valence electrons. The van der Waals surface area contributed by atoms with Gasteiger partial charge in [-0.1, -0.05) is 38.1 Å². The Morgan fingerprint density at radius 1 is 1.22 bits per heavy atom. The first-order valence-electron chi connectivity index (χ1n) is 10.6. The lowest BCUT2D eigenvalue weighted by Gasteiger charge is -2.16. The topological polar surface area (TPSA) is 92.1 Å². The summed E-state index contributed by atoms with van der Waals surface area (Å²) in [5.74, 6) is 2.23. The summed E-state index contributed by atoms with van der Waals surface area (Å²) in [5, 5.41) is 1.83. The smallest absolute Gasteiger partial charge is 0.268 e. The van der Waals surface area contributed by atoms with Gasteiger partial charge in [-0.15, -0.1) is 11.3 Å². The van der Waals surface area contributed by atoms with Crippen molar-refractivity contribution in [3.63, 3.8) is 0 Å². The Kier molecular flexibility index (Phi) is 6.50. The molecular formula is C24H26N4O3S. The van der Waals surface area contributed by atoms with Crippen molar-refractivity contribution < 1.29 is 9.21 Å². The molecule has 3 heterocycles. The molecule has 0 bridgehead atoms. The van der Waals surface area contributed by atoms with E-state index < -0.39 is 0 Å². The fraction of sp³-hybridized carbons (Fsp3) is 0.333. The van der Waals surface area contributed by atoms with Crippen LogP contribution in [-0.2, 0) is 24.2 Å². The van der Waals surface area contributed by atoms with Gasteiger partial charge in [0.1, 0.15) is 10.5 Å². The van der Waals surface area contributed by atoms with Crippen LogP contribution in [0.5, 0.6) is 0 Å². The lowest BCUT2D eigenvalue weighted by atomic mass is 10.0. The molecule has 32 heavy (non-hydrogen) atoms. The number of amides is 1. The molecule has 0 radical (unpaired) electrons. The second kappa shape index (κ2) is 9.48. The Hall–Kier alpha value is -3.26. The molecule has 1 N–H and O–H groups in total. The van der Waals surface area contributed by atoms with Gasteiger partial charge in [-0.05, 0) is 29.3 Å². The molecule has 7 nitrogen and oxygen atoms in total. The number of H-pyrrole nitrogens is 1. The first-order valence-corrected chi connectivity index (χ1v) is 11.5. The van der Waals surface area contributed by atoms with Gasteiger partial charge in [-0.2, -0.15) is 0 Å². The highest BCUT2D eigenvalue weighted by molar-refractivity contribution is 7.17. The number of nitrogens with zero attached hydrogens (tertiary/aromatic N) is 3. The highest BCUT2D eigenvalue weighted by Gasteiger charge is 2.14. The third kappa shape index (κ3) is 5.13. The third-order valence-corrected chi connectivity index (χ3v) is 6.07. The number of fused-ring (bicyclic) bond motifs is 1. The Bertz CT molecular complexity index is 1270. The van der Waals surface area contributed by atoms with Crippen molar-refractivity contribution in [2.75, 3.05) is 7.05 Å². The highest BCUT2D eigenvalue weighted by Crippen LogP contribution is 2.22. The van der Waals surface area contributed by atoms with E-state index in [1.807, 2.05) is 17.5 Å². The fourth-order valence-corrected chi connectivity index (χ4v) is 4.28. The Morgan fingerprint density at radius 2 is 2.00 bits per heavy atom. The van der Waals surface area contributed by atoms with Crippen molar-refractivity contribution in [1.82, 2.24) is 19.9 Å². The number of thiophene rings is 1. The Balaban J connectivity index is 1.33. The molecule has 0 spiro atoms. The quantitative estimate of drug-likeness (QED) is 0.429. The summed E-state index contributed by atoms with van der Waals surface area (Å²) in [4.78, 5) is 37.7. The van der Waals surface area contributed by atoms with Gasteiger partial charge in [-0.3, -0.25) is 9.59 Å². The molecule has 0 fully saturated rings. The molecule has 0 unspecified atom stereocenters. The molecule has 3 aromatic heterocycles. The van der Waals surface area contributed by atoms with Crippen molar-refractivity contribution >= 4 is 27.5 Å². The van der Waals surface area contributed by atoms with E-state index in [2.05, 4.69) is 40.9 Å². The summed E-state index contributed by atoms with van der Waals surface area (Å²) in [6.45, 7) is 4.64. The van der Waals surface area contributed by atoms with Crippen LogP contribution in [0.2, 0.25) is 0 Å². The van der Waals surface area contributed by atoms with Gasteiger partial charge >= 0.3 is 0 Å². The molecule has 0 atom stereocenters. The van der Waals surface area contributed by atoms with E-state index >= 15 is 0 Å². The number of carbonyl (C=O) groups is 1. The Labute approximate surface area is 190 Å². The van der Waals surface area contributed by atoms with Gasteiger partial charge in [0.05, 0.1) is 18.3 Å². The van der Waals surface area contributed by atoms with Crippen molar-refractivity contribution in [3.05, 3.63) is 69.5 Å². The van der Waals surface area contributed by atoms with E-state index in [0.717, 1.165) is 12.0 Å². The second-order valence-corrected chi connectivity index (χ2v) is 9.23. The van der Waals surface area contributed by atoms with Crippen molar-refractivity contribution in [1.29, 1.82) is 0 Å². The first-order chi connectivity index (χ1) is 15.4. The summed E-state index contributed by atoms with van der Waals surface area (Å²) in [7, 11) is 1.69. The molecule has 8 heteroatoms. The largest absolute Gasteiger partial charge is 0.441 e. The molecule has 0 aliphatic heterocycles. The number of hydrogen-bond donors (Lipinski definition) is 1. The van der Waals surface area contributed by atoms with Gasteiger partial charge in [0.15, 0.2) is 11.7 Å². The van der Waals surface area contributed by atoms with Crippen molar-refractivity contribution in [2.24, 2.45) is 5.92 Å². The minimum atomic E-state index is -0.176. The average molecular weight is 451 g/mol. The van der Waals surface area contributed by atoms with E-state index in [1.54, 1.807) is 24.2 Å². The predicted octanol–water partition coefficient (Wildman–Crippen LogP) is 4.43. The Morgan fingerprint density at radius 3 is 2.75 bits per heavy atom. The monoisotopic (exact) mass is 450 g/mol. The number of rotatable bonds is 8. The van der Waals surface area contributed by atoms with Crippen LogP contribution in [0.15, 0.2) is 51.1 Å². The number of nitrogens with one attached hydrogen (secondary N) is 1. The van der Waals surface area contributed by atoms with Crippen molar-refractivity contribution in [2.45, 2.75) is 39.7 Å². The number of oxazole rings is 1. The van der Waals surface area contributed by atoms with Gasteiger partial charge in [0, 0.05) is 25.5 Å².